The van der Waals surface area contributed by atoms with Crippen LogP contribution in [-0.4, -0.2) is 50.5 Å². The molecule has 7 rings (SSSR count). The van der Waals surface area contributed by atoms with Crippen molar-refractivity contribution in [3.05, 3.63) is 48.4 Å². The van der Waals surface area contributed by atoms with Crippen molar-refractivity contribution in [2.24, 2.45) is 5.92 Å². The van der Waals surface area contributed by atoms with Crippen molar-refractivity contribution in [1.29, 1.82) is 0 Å². The molecule has 10 heteroatoms. The highest BCUT2D eigenvalue weighted by Crippen LogP contribution is 2.44. The number of amides is 1. The monoisotopic (exact) mass is 484 g/mol. The topological polar surface area (TPSA) is 102 Å². The number of carbonyl (C=O) groups is 1. The van der Waals surface area contributed by atoms with Gasteiger partial charge >= 0.3 is 0 Å². The molecule has 2 aliphatic heterocycles. The number of para-hydroxylation sites is 1. The second-order valence-electron chi connectivity index (χ2n) is 9.87. The lowest BCUT2D eigenvalue weighted by molar-refractivity contribution is -0.117. The number of hydrogen-bond donors (Lipinski definition) is 2. The molecule has 1 aromatic carbocycles. The van der Waals surface area contributed by atoms with Crippen molar-refractivity contribution in [3.63, 3.8) is 0 Å². The van der Waals surface area contributed by atoms with Gasteiger partial charge < -0.3 is 20.3 Å². The van der Waals surface area contributed by atoms with Gasteiger partial charge in [0.1, 0.15) is 11.6 Å². The molecule has 1 amide bonds. The average molecular weight is 485 g/mol. The minimum atomic E-state index is 0.0307. The number of benzene rings is 1. The highest BCUT2D eigenvalue weighted by Gasteiger charge is 2.31. The molecule has 5 heterocycles. The fourth-order valence-corrected chi connectivity index (χ4v) is 5.37. The van der Waals surface area contributed by atoms with E-state index in [2.05, 4.69) is 55.5 Å². The Morgan fingerprint density at radius 2 is 1.94 bits per heavy atom. The Balaban J connectivity index is 1.26. The number of hydrogen-bond acceptors (Lipinski definition) is 7. The van der Waals surface area contributed by atoms with Crippen molar-refractivity contribution in [3.8, 4) is 11.1 Å². The van der Waals surface area contributed by atoms with Gasteiger partial charge in [-0.15, -0.1) is 0 Å². The molecule has 0 radical (unpaired) electrons. The van der Waals surface area contributed by atoms with E-state index in [4.69, 9.17) is 9.84 Å². The summed E-state index contributed by atoms with van der Waals surface area (Å²) in [6, 6.07) is 10.4. The van der Waals surface area contributed by atoms with Crippen LogP contribution in [0.4, 0.5) is 23.0 Å². The quantitative estimate of drug-likeness (QED) is 0.442. The minimum absolute atomic E-state index is 0.0307. The van der Waals surface area contributed by atoms with Crippen LogP contribution in [0.2, 0.25) is 0 Å². The third kappa shape index (κ3) is 3.60. The molecule has 10 nitrogen and oxygen atoms in total. The van der Waals surface area contributed by atoms with Gasteiger partial charge in [-0.25, -0.2) is 4.98 Å². The first-order chi connectivity index (χ1) is 17.7. The van der Waals surface area contributed by atoms with Gasteiger partial charge in [0.25, 0.3) is 0 Å². The number of nitrogens with zero attached hydrogens (tertiary/aromatic N) is 6. The molecular formula is C26H28N8O2. The third-order valence-corrected chi connectivity index (χ3v) is 7.35. The number of aromatic nitrogens is 5. The zero-order valence-corrected chi connectivity index (χ0v) is 20.1. The first kappa shape index (κ1) is 21.4. The summed E-state index contributed by atoms with van der Waals surface area (Å²) in [5.74, 6) is 1.40. The molecule has 0 unspecified atom stereocenters. The summed E-state index contributed by atoms with van der Waals surface area (Å²) < 4.78 is 9.53. The summed E-state index contributed by atoms with van der Waals surface area (Å²) in [6.07, 6.45) is 7.60. The second kappa shape index (κ2) is 8.34. The molecule has 4 aromatic rings. The molecule has 1 saturated carbocycles. The Hall–Kier alpha value is -3.92. The number of carbonyl (C=O) groups excluding carboxylic acids is 1. The van der Waals surface area contributed by atoms with E-state index >= 15 is 0 Å². The van der Waals surface area contributed by atoms with Crippen molar-refractivity contribution in [2.45, 2.75) is 38.3 Å². The molecule has 2 N–H and O–H groups in total. The molecule has 2 fully saturated rings. The van der Waals surface area contributed by atoms with Crippen LogP contribution < -0.4 is 15.5 Å². The van der Waals surface area contributed by atoms with Crippen LogP contribution in [-0.2, 0) is 16.1 Å². The second-order valence-corrected chi connectivity index (χ2v) is 9.87. The summed E-state index contributed by atoms with van der Waals surface area (Å²) in [6.45, 7) is 2.35. The Kier molecular flexibility index (Phi) is 4.95. The Bertz CT molecular complexity index is 1460. The van der Waals surface area contributed by atoms with Gasteiger partial charge in [-0.05, 0) is 31.7 Å². The van der Waals surface area contributed by atoms with E-state index in [0.717, 1.165) is 68.2 Å². The molecule has 0 bridgehead atoms. The zero-order chi connectivity index (χ0) is 24.2. The maximum absolute atomic E-state index is 12.4. The van der Waals surface area contributed by atoms with E-state index in [1.54, 1.807) is 10.7 Å². The van der Waals surface area contributed by atoms with Crippen LogP contribution in [0.25, 0.3) is 16.8 Å². The maximum Gasteiger partial charge on any atom is 0.228 e. The lowest BCUT2D eigenvalue weighted by Crippen LogP contribution is -2.28. The Morgan fingerprint density at radius 3 is 2.78 bits per heavy atom. The number of nitrogens with one attached hydrogen (secondary N) is 2. The smallest absolute Gasteiger partial charge is 0.228 e. The molecule has 0 atom stereocenters. The standard InChI is InChI=1S/C26H28N8O2/c1-32-15-21-19(14-28-33(21)17-8-11-36-12-9-17)18-3-2-4-20(25(18)32)29-24-13-22(31-26(35)16-5-6-16)30-23-7-10-27-34(23)24/h2-4,7,10,13-14,16-17,29H,5-6,8-9,11-12,15H2,1H3,(H,30,31,35). The Labute approximate surface area is 208 Å². The number of ether oxygens (including phenoxy) is 1. The van der Waals surface area contributed by atoms with Gasteiger partial charge in [0.15, 0.2) is 5.65 Å². The fourth-order valence-electron chi connectivity index (χ4n) is 5.37. The number of fused-ring (bicyclic) bond motifs is 4. The maximum atomic E-state index is 12.4. The van der Waals surface area contributed by atoms with Crippen molar-refractivity contribution >= 4 is 34.6 Å². The van der Waals surface area contributed by atoms with E-state index in [1.165, 1.54) is 11.3 Å². The van der Waals surface area contributed by atoms with E-state index in [9.17, 15) is 4.79 Å². The highest BCUT2D eigenvalue weighted by molar-refractivity contribution is 5.95. The summed E-state index contributed by atoms with van der Waals surface area (Å²) in [5.41, 5.74) is 6.31. The minimum Gasteiger partial charge on any atom is -0.381 e. The molecule has 0 spiro atoms. The predicted molar refractivity (Wildman–Crippen MR) is 136 cm³/mol. The first-order valence-electron chi connectivity index (χ1n) is 12.6. The van der Waals surface area contributed by atoms with Gasteiger partial charge in [0.05, 0.1) is 42.0 Å². The predicted octanol–water partition coefficient (Wildman–Crippen LogP) is 3.99. The number of rotatable bonds is 5. The van der Waals surface area contributed by atoms with Crippen molar-refractivity contribution < 1.29 is 9.53 Å². The zero-order valence-electron chi connectivity index (χ0n) is 20.1. The van der Waals surface area contributed by atoms with Gasteiger partial charge in [-0.3, -0.25) is 9.48 Å². The van der Waals surface area contributed by atoms with Crippen molar-refractivity contribution in [1.82, 2.24) is 24.4 Å². The van der Waals surface area contributed by atoms with Crippen LogP contribution in [0.15, 0.2) is 42.7 Å². The van der Waals surface area contributed by atoms with Crippen LogP contribution in [0.1, 0.15) is 37.4 Å². The van der Waals surface area contributed by atoms with Crippen LogP contribution in [0.5, 0.6) is 0 Å². The van der Waals surface area contributed by atoms with Gasteiger partial charge in [0.2, 0.25) is 5.91 Å². The molecule has 3 aliphatic rings. The summed E-state index contributed by atoms with van der Waals surface area (Å²) in [7, 11) is 2.12. The van der Waals surface area contributed by atoms with E-state index in [1.807, 2.05) is 18.3 Å². The summed E-state index contributed by atoms with van der Waals surface area (Å²) in [4.78, 5) is 19.2. The fraction of sp³-hybridized carbons (Fsp3) is 0.385. The molecule has 184 valence electrons. The summed E-state index contributed by atoms with van der Waals surface area (Å²) >= 11 is 0. The first-order valence-corrected chi connectivity index (χ1v) is 12.6. The highest BCUT2D eigenvalue weighted by atomic mass is 16.5. The van der Waals surface area contributed by atoms with Gasteiger partial charge in [-0.1, -0.05) is 12.1 Å². The molecular weight excluding hydrogens is 456 g/mol. The average Bonchev–Trinajstić information content (AvgIpc) is 3.49. The van der Waals surface area contributed by atoms with E-state index < -0.39 is 0 Å². The SMILES string of the molecule is CN1Cc2c(cnn2C2CCOCC2)-c2cccc(Nc3cc(NC(=O)C4CC4)nc4ccnn34)c21. The normalized spacial score (nSPS) is 17.6. The van der Waals surface area contributed by atoms with E-state index in [-0.39, 0.29) is 11.8 Å². The molecule has 1 saturated heterocycles. The van der Waals surface area contributed by atoms with Crippen molar-refractivity contribution in [2.75, 3.05) is 35.8 Å². The Morgan fingerprint density at radius 1 is 1.08 bits per heavy atom. The van der Waals surface area contributed by atoms with E-state index in [0.29, 0.717) is 17.5 Å². The number of anilines is 4. The lowest BCUT2D eigenvalue weighted by Gasteiger charge is -2.32. The van der Waals surface area contributed by atoms with Gasteiger partial charge in [0, 0.05) is 49.4 Å². The van der Waals surface area contributed by atoms with Crippen LogP contribution >= 0.6 is 0 Å². The van der Waals surface area contributed by atoms with Crippen LogP contribution in [0.3, 0.4) is 0 Å². The third-order valence-electron chi connectivity index (χ3n) is 7.35. The molecule has 1 aliphatic carbocycles. The van der Waals surface area contributed by atoms with Gasteiger partial charge in [-0.2, -0.15) is 14.7 Å². The lowest BCUT2D eigenvalue weighted by atomic mass is 9.97. The largest absolute Gasteiger partial charge is 0.381 e. The molecule has 3 aromatic heterocycles. The molecule has 36 heavy (non-hydrogen) atoms. The summed E-state index contributed by atoms with van der Waals surface area (Å²) in [5, 5.41) is 15.8. The van der Waals surface area contributed by atoms with Crippen LogP contribution in [0, 0.1) is 5.92 Å².